The molecule has 2 aromatic carbocycles. The third-order valence-electron chi connectivity index (χ3n) is 5.70. The third-order valence-corrected chi connectivity index (χ3v) is 5.70. The Morgan fingerprint density at radius 3 is 2.61 bits per heavy atom. The first-order valence-corrected chi connectivity index (χ1v) is 10.7. The number of benzene rings is 2. The van der Waals surface area contributed by atoms with E-state index >= 15 is 0 Å². The van der Waals surface area contributed by atoms with E-state index in [1.54, 1.807) is 18.0 Å². The summed E-state index contributed by atoms with van der Waals surface area (Å²) in [6, 6.07) is 15.8. The Hall–Kier alpha value is -4.13. The second-order valence-electron chi connectivity index (χ2n) is 8.10. The molecule has 0 radical (unpaired) electrons. The van der Waals surface area contributed by atoms with E-state index in [1.165, 1.54) is 0 Å². The summed E-state index contributed by atoms with van der Waals surface area (Å²) in [7, 11) is 3.53. The zero-order valence-electron chi connectivity index (χ0n) is 18.8. The van der Waals surface area contributed by atoms with Gasteiger partial charge in [0.25, 0.3) is 0 Å². The van der Waals surface area contributed by atoms with Crippen molar-refractivity contribution in [1.29, 1.82) is 0 Å². The van der Waals surface area contributed by atoms with E-state index in [0.29, 0.717) is 18.2 Å². The van der Waals surface area contributed by atoms with Crippen LogP contribution in [-0.2, 0) is 18.4 Å². The average molecular weight is 441 g/mol. The molecule has 0 spiro atoms. The highest BCUT2D eigenvalue weighted by Crippen LogP contribution is 2.36. The van der Waals surface area contributed by atoms with Crippen LogP contribution in [0.3, 0.4) is 0 Å². The van der Waals surface area contributed by atoms with Crippen LogP contribution < -0.4 is 9.64 Å². The van der Waals surface area contributed by atoms with Crippen molar-refractivity contribution in [2.75, 3.05) is 12.0 Å². The first-order valence-electron chi connectivity index (χ1n) is 10.7. The van der Waals surface area contributed by atoms with E-state index in [-0.39, 0.29) is 12.3 Å². The second-order valence-corrected chi connectivity index (χ2v) is 8.10. The van der Waals surface area contributed by atoms with Gasteiger partial charge in [-0.1, -0.05) is 24.3 Å². The first-order chi connectivity index (χ1) is 16.0. The Morgan fingerprint density at radius 1 is 1.12 bits per heavy atom. The van der Waals surface area contributed by atoms with Gasteiger partial charge in [-0.25, -0.2) is 4.98 Å². The number of aromatic nitrogens is 3. The van der Waals surface area contributed by atoms with Crippen LogP contribution in [0.1, 0.15) is 29.2 Å². The zero-order chi connectivity index (χ0) is 22.9. The molecule has 1 amide bonds. The molecule has 0 N–H and O–H groups in total. The predicted molar refractivity (Wildman–Crippen MR) is 127 cm³/mol. The molecular formula is C26H24N4O3. The molecule has 0 unspecified atom stereocenters. The number of anilines is 1. The van der Waals surface area contributed by atoms with E-state index in [2.05, 4.69) is 10.1 Å². The molecule has 1 aliphatic heterocycles. The van der Waals surface area contributed by atoms with Gasteiger partial charge in [0.05, 0.1) is 37.7 Å². The minimum absolute atomic E-state index is 0.0233. The lowest BCUT2D eigenvalue weighted by molar-refractivity contribution is -0.117. The Kier molecular flexibility index (Phi) is 5.30. The predicted octanol–water partition coefficient (Wildman–Crippen LogP) is 4.87. The quantitative estimate of drug-likeness (QED) is 0.443. The third kappa shape index (κ3) is 4.17. The number of aryl methyl sites for hydroxylation is 2. The van der Waals surface area contributed by atoms with Crippen molar-refractivity contribution in [2.24, 2.45) is 7.05 Å². The Labute approximate surface area is 191 Å². The van der Waals surface area contributed by atoms with Crippen LogP contribution in [0, 0.1) is 6.92 Å². The number of carbonyl (C=O) groups excluding carboxylic acids is 1. The molecular weight excluding hydrogens is 416 g/mol. The van der Waals surface area contributed by atoms with Gasteiger partial charge in [-0.2, -0.15) is 5.10 Å². The van der Waals surface area contributed by atoms with Gasteiger partial charge in [0.2, 0.25) is 11.8 Å². The standard InChI is InChI=1S/C26H24N4O3/c1-17-15-27-26(33-17)21-12-20-7-6-19(23-10-11-29(2)28-23)13-24(20)30(25(31)14-21)16-18-4-8-22(32-3)9-5-18/h4-13,15H,14,16H2,1-3H3. The maximum absolute atomic E-state index is 13.5. The highest BCUT2D eigenvalue weighted by Gasteiger charge is 2.26. The Morgan fingerprint density at radius 2 is 1.94 bits per heavy atom. The number of ether oxygens (including phenoxy) is 1. The maximum atomic E-state index is 13.5. The number of nitrogens with zero attached hydrogens (tertiary/aromatic N) is 4. The summed E-state index contributed by atoms with van der Waals surface area (Å²) >= 11 is 0. The maximum Gasteiger partial charge on any atom is 0.231 e. The van der Waals surface area contributed by atoms with Crippen LogP contribution in [0.25, 0.3) is 22.9 Å². The number of amides is 1. The van der Waals surface area contributed by atoms with Crippen LogP contribution >= 0.6 is 0 Å². The molecule has 0 saturated heterocycles. The molecule has 7 heteroatoms. The molecule has 2 aromatic heterocycles. The second kappa shape index (κ2) is 8.43. The largest absolute Gasteiger partial charge is 0.497 e. The fourth-order valence-corrected chi connectivity index (χ4v) is 3.99. The summed E-state index contributed by atoms with van der Waals surface area (Å²) in [6.45, 7) is 2.28. The molecule has 4 aromatic rings. The average Bonchev–Trinajstić information content (AvgIpc) is 3.42. The van der Waals surface area contributed by atoms with Crippen molar-refractivity contribution < 1.29 is 13.9 Å². The molecule has 33 heavy (non-hydrogen) atoms. The van der Waals surface area contributed by atoms with Crippen molar-refractivity contribution in [2.45, 2.75) is 19.9 Å². The van der Waals surface area contributed by atoms with Crippen LogP contribution in [0.15, 0.2) is 65.3 Å². The molecule has 0 bridgehead atoms. The van der Waals surface area contributed by atoms with Crippen molar-refractivity contribution in [1.82, 2.24) is 14.8 Å². The highest BCUT2D eigenvalue weighted by atomic mass is 16.5. The minimum atomic E-state index is -0.0233. The van der Waals surface area contributed by atoms with Gasteiger partial charge in [0.1, 0.15) is 11.5 Å². The number of hydrogen-bond acceptors (Lipinski definition) is 5. The highest BCUT2D eigenvalue weighted by molar-refractivity contribution is 6.06. The van der Waals surface area contributed by atoms with Crippen LogP contribution in [0.5, 0.6) is 5.75 Å². The summed E-state index contributed by atoms with van der Waals surface area (Å²) < 4.78 is 12.8. The Balaban J connectivity index is 1.59. The molecule has 0 aliphatic carbocycles. The van der Waals surface area contributed by atoms with E-state index in [9.17, 15) is 4.79 Å². The van der Waals surface area contributed by atoms with Crippen molar-refractivity contribution in [3.8, 4) is 17.0 Å². The van der Waals surface area contributed by atoms with Crippen molar-refractivity contribution in [3.63, 3.8) is 0 Å². The number of carbonyl (C=O) groups is 1. The van der Waals surface area contributed by atoms with E-state index in [4.69, 9.17) is 9.15 Å². The SMILES string of the molecule is COc1ccc(CN2C(=O)CC(c3ncc(C)o3)=Cc3ccc(-c4ccn(C)n4)cc32)cc1. The van der Waals surface area contributed by atoms with Gasteiger partial charge in [-0.15, -0.1) is 0 Å². The molecule has 1 aliphatic rings. The number of oxazole rings is 1. The van der Waals surface area contributed by atoms with Crippen molar-refractivity contribution >= 4 is 23.2 Å². The molecule has 5 rings (SSSR count). The van der Waals surface area contributed by atoms with Crippen LogP contribution in [-0.4, -0.2) is 27.8 Å². The summed E-state index contributed by atoms with van der Waals surface area (Å²) in [4.78, 5) is 19.7. The summed E-state index contributed by atoms with van der Waals surface area (Å²) in [5.41, 5.74) is 5.34. The number of hydrogen-bond donors (Lipinski definition) is 0. The smallest absolute Gasteiger partial charge is 0.231 e. The molecule has 0 saturated carbocycles. The normalized spacial score (nSPS) is 13.5. The van der Waals surface area contributed by atoms with Gasteiger partial charge >= 0.3 is 0 Å². The molecule has 0 fully saturated rings. The lowest BCUT2D eigenvalue weighted by Gasteiger charge is -2.24. The van der Waals surface area contributed by atoms with E-state index < -0.39 is 0 Å². The lowest BCUT2D eigenvalue weighted by atomic mass is 10.0. The van der Waals surface area contributed by atoms with Crippen molar-refractivity contribution in [3.05, 3.63) is 83.7 Å². The van der Waals surface area contributed by atoms with E-state index in [1.807, 2.05) is 79.7 Å². The lowest BCUT2D eigenvalue weighted by Crippen LogP contribution is -2.30. The van der Waals surface area contributed by atoms with Crippen LogP contribution in [0.2, 0.25) is 0 Å². The summed E-state index contributed by atoms with van der Waals surface area (Å²) in [5.74, 6) is 1.95. The van der Waals surface area contributed by atoms with Gasteiger partial charge < -0.3 is 14.1 Å². The minimum Gasteiger partial charge on any atom is -0.497 e. The molecule has 7 nitrogen and oxygen atoms in total. The van der Waals surface area contributed by atoms with Gasteiger partial charge in [-0.3, -0.25) is 9.48 Å². The summed E-state index contributed by atoms with van der Waals surface area (Å²) in [5, 5.41) is 4.52. The van der Waals surface area contributed by atoms with E-state index in [0.717, 1.165) is 39.4 Å². The fraction of sp³-hybridized carbons (Fsp3) is 0.192. The number of fused-ring (bicyclic) bond motifs is 1. The van der Waals surface area contributed by atoms with Crippen LogP contribution in [0.4, 0.5) is 5.69 Å². The van der Waals surface area contributed by atoms with Gasteiger partial charge in [0.15, 0.2) is 0 Å². The first kappa shape index (κ1) is 20.8. The van der Waals surface area contributed by atoms with Gasteiger partial charge in [0, 0.05) is 24.4 Å². The molecule has 3 heterocycles. The fourth-order valence-electron chi connectivity index (χ4n) is 3.99. The topological polar surface area (TPSA) is 73.4 Å². The monoisotopic (exact) mass is 440 g/mol. The molecule has 166 valence electrons. The summed E-state index contributed by atoms with van der Waals surface area (Å²) in [6.07, 6.45) is 5.77. The zero-order valence-corrected chi connectivity index (χ0v) is 18.8. The number of rotatable bonds is 5. The number of methoxy groups -OCH3 is 1. The Bertz CT molecular complexity index is 1350. The molecule has 0 atom stereocenters. The van der Waals surface area contributed by atoms with Gasteiger partial charge in [-0.05, 0) is 48.4 Å².